The number of benzene rings is 1. The third-order valence-electron chi connectivity index (χ3n) is 2.76. The van der Waals surface area contributed by atoms with Gasteiger partial charge in [-0.25, -0.2) is 5.43 Å². The Balaban J connectivity index is 2.14. The molecule has 0 unspecified atom stereocenters. The smallest absolute Gasteiger partial charge is 0.274 e. The summed E-state index contributed by atoms with van der Waals surface area (Å²) >= 11 is 3.30. The van der Waals surface area contributed by atoms with Crippen LogP contribution in [0.15, 0.2) is 38.5 Å². The Morgan fingerprint density at radius 3 is 2.90 bits per heavy atom. The third kappa shape index (κ3) is 3.43. The largest absolute Gasteiger partial charge is 0.504 e. The van der Waals surface area contributed by atoms with E-state index in [0.717, 1.165) is 4.47 Å². The first-order valence-electron chi connectivity index (χ1n) is 5.97. The van der Waals surface area contributed by atoms with Crippen LogP contribution >= 0.6 is 15.9 Å². The van der Waals surface area contributed by atoms with Crippen molar-refractivity contribution < 1.29 is 19.1 Å². The van der Waals surface area contributed by atoms with Gasteiger partial charge in [0.25, 0.3) is 5.91 Å². The average Bonchev–Trinajstić information content (AvgIpc) is 2.88. The van der Waals surface area contributed by atoms with Crippen molar-refractivity contribution in [2.75, 3.05) is 7.11 Å². The molecule has 0 atom stereocenters. The summed E-state index contributed by atoms with van der Waals surface area (Å²) in [4.78, 5) is 11.8. The summed E-state index contributed by atoms with van der Waals surface area (Å²) in [6.45, 7) is 1.68. The van der Waals surface area contributed by atoms with E-state index in [2.05, 4.69) is 26.5 Å². The molecule has 110 valence electrons. The zero-order valence-electron chi connectivity index (χ0n) is 11.4. The van der Waals surface area contributed by atoms with Crippen molar-refractivity contribution >= 4 is 28.1 Å². The number of aromatic hydroxyl groups is 1. The molecular weight excluding hydrogens is 340 g/mol. The maximum Gasteiger partial charge on any atom is 0.274 e. The molecule has 0 aliphatic carbocycles. The van der Waals surface area contributed by atoms with Gasteiger partial charge in [0.2, 0.25) is 0 Å². The van der Waals surface area contributed by atoms with E-state index in [9.17, 15) is 9.90 Å². The number of amides is 1. The minimum Gasteiger partial charge on any atom is -0.504 e. The summed E-state index contributed by atoms with van der Waals surface area (Å²) < 4.78 is 10.8. The highest BCUT2D eigenvalue weighted by atomic mass is 79.9. The molecule has 0 fully saturated rings. The molecule has 2 aromatic rings. The Bertz CT molecular complexity index is 694. The molecule has 0 saturated carbocycles. The number of phenolic OH excluding ortho intramolecular Hbond substituents is 1. The van der Waals surface area contributed by atoms with E-state index in [1.54, 1.807) is 25.1 Å². The lowest BCUT2D eigenvalue weighted by Crippen LogP contribution is -2.17. The second-order valence-electron chi connectivity index (χ2n) is 4.14. The Labute approximate surface area is 129 Å². The van der Waals surface area contributed by atoms with E-state index < -0.39 is 0 Å². The molecule has 0 radical (unpaired) electrons. The molecule has 0 bridgehead atoms. The van der Waals surface area contributed by atoms with Crippen molar-refractivity contribution in [3.63, 3.8) is 0 Å². The molecule has 2 rings (SSSR count). The number of nitrogens with one attached hydrogen (secondary N) is 1. The van der Waals surface area contributed by atoms with E-state index in [1.807, 2.05) is 0 Å². The summed E-state index contributed by atoms with van der Waals surface area (Å²) in [7, 11) is 1.45. The summed E-state index contributed by atoms with van der Waals surface area (Å²) in [5, 5.41) is 13.8. The van der Waals surface area contributed by atoms with E-state index >= 15 is 0 Å². The summed E-state index contributed by atoms with van der Waals surface area (Å²) in [5.74, 6) is 0.370. The first kappa shape index (κ1) is 15.1. The van der Waals surface area contributed by atoms with Crippen LogP contribution in [0, 0.1) is 6.92 Å². The highest BCUT2D eigenvalue weighted by Gasteiger charge is 2.11. The zero-order valence-corrected chi connectivity index (χ0v) is 13.0. The molecule has 7 heteroatoms. The van der Waals surface area contributed by atoms with Crippen LogP contribution in [0.25, 0.3) is 0 Å². The van der Waals surface area contributed by atoms with Crippen LogP contribution in [-0.2, 0) is 0 Å². The van der Waals surface area contributed by atoms with Crippen molar-refractivity contribution in [2.45, 2.75) is 6.92 Å². The van der Waals surface area contributed by atoms with Gasteiger partial charge in [-0.1, -0.05) is 15.9 Å². The SMILES string of the molecule is COc1cc(Br)cc(/C=N/NC(=O)c2ccoc2C)c1O. The number of methoxy groups -OCH3 is 1. The minimum absolute atomic E-state index is 0.0572. The molecule has 1 heterocycles. The average molecular weight is 353 g/mol. The van der Waals surface area contributed by atoms with E-state index in [0.29, 0.717) is 22.6 Å². The van der Waals surface area contributed by atoms with Crippen LogP contribution in [0.1, 0.15) is 21.7 Å². The number of carbonyl (C=O) groups is 1. The molecule has 6 nitrogen and oxygen atoms in total. The summed E-state index contributed by atoms with van der Waals surface area (Å²) in [6.07, 6.45) is 2.76. The van der Waals surface area contributed by atoms with Crippen LogP contribution in [0.3, 0.4) is 0 Å². The fourth-order valence-electron chi connectivity index (χ4n) is 1.69. The van der Waals surface area contributed by atoms with Crippen LogP contribution in [-0.4, -0.2) is 24.3 Å². The summed E-state index contributed by atoms with van der Waals surface area (Å²) in [6, 6.07) is 4.83. The highest BCUT2D eigenvalue weighted by molar-refractivity contribution is 9.10. The fraction of sp³-hybridized carbons (Fsp3) is 0.143. The first-order valence-corrected chi connectivity index (χ1v) is 6.76. The van der Waals surface area contributed by atoms with Crippen molar-refractivity contribution in [3.05, 3.63) is 45.8 Å². The van der Waals surface area contributed by atoms with Crippen LogP contribution in [0.5, 0.6) is 11.5 Å². The number of halogens is 1. The molecule has 0 saturated heterocycles. The Hall–Kier alpha value is -2.28. The van der Waals surface area contributed by atoms with Gasteiger partial charge in [-0.2, -0.15) is 5.10 Å². The maximum absolute atomic E-state index is 11.8. The molecule has 1 aromatic carbocycles. The number of furan rings is 1. The molecule has 21 heavy (non-hydrogen) atoms. The van der Waals surface area contributed by atoms with Gasteiger partial charge >= 0.3 is 0 Å². The van der Waals surface area contributed by atoms with Gasteiger partial charge in [-0.15, -0.1) is 0 Å². The second kappa shape index (κ2) is 6.45. The predicted octanol–water partition coefficient (Wildman–Crippen LogP) is 2.83. The molecule has 0 aliphatic heterocycles. The second-order valence-corrected chi connectivity index (χ2v) is 5.05. The van der Waals surface area contributed by atoms with Gasteiger partial charge in [0.05, 0.1) is 25.2 Å². The predicted molar refractivity (Wildman–Crippen MR) is 80.9 cm³/mol. The zero-order chi connectivity index (χ0) is 15.4. The molecule has 1 aromatic heterocycles. The molecule has 2 N–H and O–H groups in total. The van der Waals surface area contributed by atoms with Gasteiger partial charge in [0.1, 0.15) is 5.76 Å². The number of rotatable bonds is 4. The molecule has 0 spiro atoms. The molecule has 0 aliphatic rings. The Kier molecular flexibility index (Phi) is 4.64. The van der Waals surface area contributed by atoms with Crippen molar-refractivity contribution in [3.8, 4) is 11.5 Å². The van der Waals surface area contributed by atoms with Crippen LogP contribution in [0.2, 0.25) is 0 Å². The number of aryl methyl sites for hydroxylation is 1. The number of hydrazone groups is 1. The lowest BCUT2D eigenvalue weighted by atomic mass is 10.2. The van der Waals surface area contributed by atoms with Crippen molar-refractivity contribution in [1.82, 2.24) is 5.43 Å². The van der Waals surface area contributed by atoms with Crippen molar-refractivity contribution in [1.29, 1.82) is 0 Å². The van der Waals surface area contributed by atoms with Gasteiger partial charge in [0, 0.05) is 10.0 Å². The van der Waals surface area contributed by atoms with Gasteiger partial charge < -0.3 is 14.3 Å². The number of nitrogens with zero attached hydrogens (tertiary/aromatic N) is 1. The summed E-state index contributed by atoms with van der Waals surface area (Å²) in [5.41, 5.74) is 3.18. The van der Waals surface area contributed by atoms with E-state index in [-0.39, 0.29) is 11.7 Å². The van der Waals surface area contributed by atoms with Crippen LogP contribution in [0.4, 0.5) is 0 Å². The Morgan fingerprint density at radius 2 is 2.29 bits per heavy atom. The maximum atomic E-state index is 11.8. The minimum atomic E-state index is -0.390. The van der Waals surface area contributed by atoms with Gasteiger partial charge in [0.15, 0.2) is 11.5 Å². The molecule has 1 amide bonds. The number of hydrogen-bond donors (Lipinski definition) is 2. The van der Waals surface area contributed by atoms with Gasteiger partial charge in [-0.05, 0) is 25.1 Å². The monoisotopic (exact) mass is 352 g/mol. The standard InChI is InChI=1S/C14H13BrN2O4/c1-8-11(3-4-21-8)14(19)17-16-7-9-5-10(15)6-12(20-2)13(9)18/h3-7,18H,1-2H3,(H,17,19)/b16-7+. The number of ether oxygens (including phenoxy) is 1. The lowest BCUT2D eigenvalue weighted by Gasteiger charge is -2.06. The van der Waals surface area contributed by atoms with Crippen LogP contribution < -0.4 is 10.2 Å². The number of carbonyl (C=O) groups excluding carboxylic acids is 1. The third-order valence-corrected chi connectivity index (χ3v) is 3.22. The fourth-order valence-corrected chi connectivity index (χ4v) is 2.14. The number of phenols is 1. The van der Waals surface area contributed by atoms with E-state index in [1.165, 1.54) is 19.6 Å². The number of hydrogen-bond acceptors (Lipinski definition) is 5. The normalized spacial score (nSPS) is 10.8. The Morgan fingerprint density at radius 1 is 1.52 bits per heavy atom. The van der Waals surface area contributed by atoms with Crippen molar-refractivity contribution in [2.24, 2.45) is 5.10 Å². The lowest BCUT2D eigenvalue weighted by molar-refractivity contribution is 0.0953. The van der Waals surface area contributed by atoms with Gasteiger partial charge in [-0.3, -0.25) is 4.79 Å². The van der Waals surface area contributed by atoms with E-state index in [4.69, 9.17) is 9.15 Å². The topological polar surface area (TPSA) is 84.1 Å². The highest BCUT2D eigenvalue weighted by Crippen LogP contribution is 2.32. The first-order chi connectivity index (χ1) is 10.0. The quantitative estimate of drug-likeness (QED) is 0.654. The molecular formula is C14H13BrN2O4.